The van der Waals surface area contributed by atoms with Crippen molar-refractivity contribution < 1.29 is 13.2 Å². The predicted octanol–water partition coefficient (Wildman–Crippen LogP) is 2.82. The van der Waals surface area contributed by atoms with Gasteiger partial charge in [0.25, 0.3) is 15.9 Å². The molecule has 0 aromatic heterocycles. The fraction of sp³-hybridized carbons (Fsp3) is 0.316. The van der Waals surface area contributed by atoms with Crippen molar-refractivity contribution in [1.29, 1.82) is 0 Å². The van der Waals surface area contributed by atoms with Crippen molar-refractivity contribution in [3.8, 4) is 0 Å². The monoisotopic (exact) mass is 358 g/mol. The van der Waals surface area contributed by atoms with Gasteiger partial charge in [-0.15, -0.1) is 0 Å². The highest BCUT2D eigenvalue weighted by atomic mass is 32.2. The number of carbonyl (C=O) groups excluding carboxylic acids is 1. The zero-order valence-electron chi connectivity index (χ0n) is 14.4. The molecule has 2 aromatic rings. The molecule has 0 atom stereocenters. The van der Waals surface area contributed by atoms with E-state index in [1.165, 1.54) is 16.4 Å². The van der Waals surface area contributed by atoms with Gasteiger partial charge in [-0.1, -0.05) is 38.1 Å². The van der Waals surface area contributed by atoms with Crippen LogP contribution in [0.15, 0.2) is 53.4 Å². The maximum absolute atomic E-state index is 13.0. The highest BCUT2D eigenvalue weighted by Crippen LogP contribution is 2.32. The third kappa shape index (κ3) is 3.54. The number of hydrogen-bond acceptors (Lipinski definition) is 3. The molecule has 0 unspecified atom stereocenters. The van der Waals surface area contributed by atoms with Crippen molar-refractivity contribution in [2.24, 2.45) is 5.92 Å². The van der Waals surface area contributed by atoms with Crippen LogP contribution in [0, 0.1) is 5.92 Å². The average Bonchev–Trinajstić information content (AvgIpc) is 3.04. The van der Waals surface area contributed by atoms with Crippen LogP contribution in [0.1, 0.15) is 29.8 Å². The van der Waals surface area contributed by atoms with Gasteiger partial charge in [0.2, 0.25) is 0 Å². The first-order chi connectivity index (χ1) is 11.9. The Morgan fingerprint density at radius 3 is 2.68 bits per heavy atom. The summed E-state index contributed by atoms with van der Waals surface area (Å²) in [7, 11) is -3.69. The minimum absolute atomic E-state index is 0.140. The van der Waals surface area contributed by atoms with Gasteiger partial charge in [0.1, 0.15) is 0 Å². The molecule has 1 amide bonds. The number of benzene rings is 2. The van der Waals surface area contributed by atoms with Crippen LogP contribution < -0.4 is 9.62 Å². The molecule has 0 radical (unpaired) electrons. The smallest absolute Gasteiger partial charge is 0.264 e. The Hall–Kier alpha value is -2.34. The molecule has 0 saturated carbocycles. The Morgan fingerprint density at radius 2 is 1.92 bits per heavy atom. The van der Waals surface area contributed by atoms with Gasteiger partial charge in [0.05, 0.1) is 10.6 Å². The van der Waals surface area contributed by atoms with Gasteiger partial charge >= 0.3 is 0 Å². The molecule has 1 aliphatic heterocycles. The Bertz CT molecular complexity index is 891. The van der Waals surface area contributed by atoms with Crippen LogP contribution >= 0.6 is 0 Å². The number of nitrogens with zero attached hydrogens (tertiary/aromatic N) is 1. The quantitative estimate of drug-likeness (QED) is 0.894. The summed E-state index contributed by atoms with van der Waals surface area (Å²) in [5.41, 5.74) is 2.10. The van der Waals surface area contributed by atoms with E-state index < -0.39 is 10.0 Å². The number of sulfonamides is 1. The zero-order valence-corrected chi connectivity index (χ0v) is 15.2. The van der Waals surface area contributed by atoms with E-state index in [0.717, 1.165) is 11.3 Å². The second kappa shape index (κ2) is 6.88. The summed E-state index contributed by atoms with van der Waals surface area (Å²) in [6.45, 7) is 4.98. The normalized spacial score (nSPS) is 13.8. The molecule has 25 heavy (non-hydrogen) atoms. The van der Waals surface area contributed by atoms with Gasteiger partial charge in [-0.05, 0) is 42.2 Å². The number of hydrogen-bond donors (Lipinski definition) is 1. The largest absolute Gasteiger partial charge is 0.352 e. The minimum Gasteiger partial charge on any atom is -0.352 e. The third-order valence-electron chi connectivity index (χ3n) is 4.20. The number of fused-ring (bicyclic) bond motifs is 1. The number of rotatable bonds is 5. The maximum Gasteiger partial charge on any atom is 0.264 e. The average molecular weight is 358 g/mol. The van der Waals surface area contributed by atoms with Crippen molar-refractivity contribution in [2.45, 2.75) is 25.2 Å². The van der Waals surface area contributed by atoms with E-state index in [4.69, 9.17) is 0 Å². The summed E-state index contributed by atoms with van der Waals surface area (Å²) >= 11 is 0. The van der Waals surface area contributed by atoms with Gasteiger partial charge < -0.3 is 5.32 Å². The molecule has 0 fully saturated rings. The molecule has 0 spiro atoms. The van der Waals surface area contributed by atoms with Crippen molar-refractivity contribution in [3.63, 3.8) is 0 Å². The maximum atomic E-state index is 13.0. The van der Waals surface area contributed by atoms with Crippen LogP contribution in [0.2, 0.25) is 0 Å². The lowest BCUT2D eigenvalue weighted by atomic mass is 10.2. The van der Waals surface area contributed by atoms with Crippen molar-refractivity contribution in [1.82, 2.24) is 5.32 Å². The first-order valence-corrected chi connectivity index (χ1v) is 9.82. The molecule has 3 rings (SSSR count). The second-order valence-corrected chi connectivity index (χ2v) is 8.45. The van der Waals surface area contributed by atoms with E-state index >= 15 is 0 Å². The number of para-hydroxylation sites is 1. The van der Waals surface area contributed by atoms with E-state index in [-0.39, 0.29) is 10.8 Å². The van der Waals surface area contributed by atoms with Gasteiger partial charge in [0.15, 0.2) is 0 Å². The summed E-state index contributed by atoms with van der Waals surface area (Å²) in [6, 6.07) is 13.7. The summed E-state index contributed by atoms with van der Waals surface area (Å²) in [5.74, 6) is 0.0736. The highest BCUT2D eigenvalue weighted by molar-refractivity contribution is 7.92. The molecule has 0 saturated heterocycles. The van der Waals surface area contributed by atoms with E-state index in [9.17, 15) is 13.2 Å². The molecule has 1 aliphatic rings. The predicted molar refractivity (Wildman–Crippen MR) is 98.3 cm³/mol. The molecule has 5 nitrogen and oxygen atoms in total. The van der Waals surface area contributed by atoms with E-state index in [1.54, 1.807) is 12.1 Å². The molecule has 2 aromatic carbocycles. The first-order valence-electron chi connectivity index (χ1n) is 8.38. The molecule has 6 heteroatoms. The number of carbonyl (C=O) groups is 1. The lowest BCUT2D eigenvalue weighted by Gasteiger charge is -2.20. The van der Waals surface area contributed by atoms with Gasteiger partial charge in [-0.3, -0.25) is 9.10 Å². The van der Waals surface area contributed by atoms with Gasteiger partial charge in [0, 0.05) is 18.7 Å². The molecule has 1 heterocycles. The third-order valence-corrected chi connectivity index (χ3v) is 6.01. The molecule has 0 bridgehead atoms. The Labute approximate surface area is 148 Å². The molecule has 132 valence electrons. The summed E-state index contributed by atoms with van der Waals surface area (Å²) < 4.78 is 27.5. The summed E-state index contributed by atoms with van der Waals surface area (Å²) in [5, 5.41) is 2.81. The van der Waals surface area contributed by atoms with Crippen LogP contribution in [0.5, 0.6) is 0 Å². The van der Waals surface area contributed by atoms with Crippen LogP contribution in [0.3, 0.4) is 0 Å². The van der Waals surface area contributed by atoms with Gasteiger partial charge in [-0.25, -0.2) is 8.42 Å². The number of amides is 1. The van der Waals surface area contributed by atoms with Crippen LogP contribution in [-0.4, -0.2) is 27.4 Å². The lowest BCUT2D eigenvalue weighted by Crippen LogP contribution is -2.30. The van der Waals surface area contributed by atoms with Crippen molar-refractivity contribution >= 4 is 21.6 Å². The standard InChI is InChI=1S/C19H22N2O3S/c1-14(2)13-20-19(22)16-7-5-8-17(12-16)25(23,24)21-11-10-15-6-3-4-9-18(15)21/h3-9,12,14H,10-11,13H2,1-2H3,(H,20,22). The molecular weight excluding hydrogens is 336 g/mol. The fourth-order valence-electron chi connectivity index (χ4n) is 2.88. The van der Waals surface area contributed by atoms with Crippen LogP contribution in [0.25, 0.3) is 0 Å². The minimum atomic E-state index is -3.69. The fourth-order valence-corrected chi connectivity index (χ4v) is 4.43. The number of anilines is 1. The molecule has 0 aliphatic carbocycles. The highest BCUT2D eigenvalue weighted by Gasteiger charge is 2.30. The van der Waals surface area contributed by atoms with E-state index in [1.807, 2.05) is 38.1 Å². The summed E-state index contributed by atoms with van der Waals surface area (Å²) in [4.78, 5) is 12.4. The molecule has 1 N–H and O–H groups in total. The topological polar surface area (TPSA) is 66.5 Å². The van der Waals surface area contributed by atoms with E-state index in [2.05, 4.69) is 5.32 Å². The van der Waals surface area contributed by atoms with Crippen LogP contribution in [-0.2, 0) is 16.4 Å². The Balaban J connectivity index is 1.89. The van der Waals surface area contributed by atoms with Crippen LogP contribution in [0.4, 0.5) is 5.69 Å². The first kappa shape index (κ1) is 17.5. The lowest BCUT2D eigenvalue weighted by molar-refractivity contribution is 0.0949. The van der Waals surface area contributed by atoms with Crippen molar-refractivity contribution in [2.75, 3.05) is 17.4 Å². The Kier molecular flexibility index (Phi) is 4.81. The zero-order chi connectivity index (χ0) is 18.0. The van der Waals surface area contributed by atoms with Gasteiger partial charge in [-0.2, -0.15) is 0 Å². The van der Waals surface area contributed by atoms with E-state index in [0.29, 0.717) is 31.0 Å². The Morgan fingerprint density at radius 1 is 1.16 bits per heavy atom. The SMILES string of the molecule is CC(C)CNC(=O)c1cccc(S(=O)(=O)N2CCc3ccccc32)c1. The number of nitrogens with one attached hydrogen (secondary N) is 1. The second-order valence-electron chi connectivity index (χ2n) is 6.59. The summed E-state index contributed by atoms with van der Waals surface area (Å²) in [6.07, 6.45) is 0.698. The molecular formula is C19H22N2O3S. The van der Waals surface area contributed by atoms with Crippen molar-refractivity contribution in [3.05, 3.63) is 59.7 Å².